The molecule has 31 heavy (non-hydrogen) atoms. The van der Waals surface area contributed by atoms with E-state index in [9.17, 15) is 14.9 Å². The largest absolute Gasteiger partial charge is 0.313 e. The summed E-state index contributed by atoms with van der Waals surface area (Å²) in [5, 5.41) is 14.9. The molecule has 2 heterocycles. The minimum Gasteiger partial charge on any atom is -0.313 e. The van der Waals surface area contributed by atoms with E-state index < -0.39 is 4.92 Å². The maximum atomic E-state index is 12.6. The van der Waals surface area contributed by atoms with Gasteiger partial charge in [0.15, 0.2) is 5.82 Å². The van der Waals surface area contributed by atoms with Crippen molar-refractivity contribution in [2.75, 3.05) is 0 Å². The van der Waals surface area contributed by atoms with E-state index in [-0.39, 0.29) is 18.1 Å². The Morgan fingerprint density at radius 1 is 1.10 bits per heavy atom. The molecule has 154 valence electrons. The van der Waals surface area contributed by atoms with Crippen LogP contribution in [-0.4, -0.2) is 31.1 Å². The highest BCUT2D eigenvalue weighted by Gasteiger charge is 2.16. The molecule has 0 radical (unpaired) electrons. The summed E-state index contributed by atoms with van der Waals surface area (Å²) in [4.78, 5) is 31.9. The first-order valence-electron chi connectivity index (χ1n) is 9.47. The van der Waals surface area contributed by atoms with E-state index in [1.807, 2.05) is 42.5 Å². The summed E-state index contributed by atoms with van der Waals surface area (Å²) >= 11 is 0. The number of nitrogens with zero attached hydrogens (tertiary/aromatic N) is 5. The average molecular weight is 414 g/mol. The van der Waals surface area contributed by atoms with Crippen LogP contribution in [0, 0.1) is 10.1 Å². The van der Waals surface area contributed by atoms with Crippen molar-refractivity contribution >= 4 is 28.3 Å². The predicted octanol–water partition coefficient (Wildman–Crippen LogP) is 3.55. The smallest absolute Gasteiger partial charge is 0.269 e. The number of hydrogen-bond acceptors (Lipinski definition) is 6. The Morgan fingerprint density at radius 3 is 2.55 bits per heavy atom. The van der Waals surface area contributed by atoms with E-state index in [1.165, 1.54) is 12.1 Å². The van der Waals surface area contributed by atoms with Crippen LogP contribution in [0.4, 0.5) is 5.69 Å². The summed E-state index contributed by atoms with van der Waals surface area (Å²) in [5.74, 6) is 0.259. The SMILES string of the molecule is C/C(=N/NC(=O)Cn1c(-c2ccccn2)nc2ccccc21)c1ccc([N+](=O)[O-])cc1. The van der Waals surface area contributed by atoms with Gasteiger partial charge in [0.1, 0.15) is 12.2 Å². The number of rotatable bonds is 6. The number of carbonyl (C=O) groups excluding carboxylic acids is 1. The van der Waals surface area contributed by atoms with Crippen LogP contribution in [0.15, 0.2) is 78.0 Å². The number of non-ortho nitro benzene ring substituents is 1. The molecule has 1 N–H and O–H groups in total. The van der Waals surface area contributed by atoms with Crippen LogP contribution in [0.1, 0.15) is 12.5 Å². The highest BCUT2D eigenvalue weighted by molar-refractivity contribution is 5.99. The van der Waals surface area contributed by atoms with Gasteiger partial charge in [0.2, 0.25) is 0 Å². The third-order valence-electron chi connectivity index (χ3n) is 4.69. The van der Waals surface area contributed by atoms with Crippen LogP contribution in [-0.2, 0) is 11.3 Å². The summed E-state index contributed by atoms with van der Waals surface area (Å²) in [5.41, 5.74) is 5.99. The third-order valence-corrected chi connectivity index (χ3v) is 4.69. The zero-order valence-electron chi connectivity index (χ0n) is 16.6. The summed E-state index contributed by atoms with van der Waals surface area (Å²) in [6.45, 7) is 1.72. The Balaban J connectivity index is 1.56. The number of fused-ring (bicyclic) bond motifs is 1. The number of nitrogens with one attached hydrogen (secondary N) is 1. The Morgan fingerprint density at radius 2 is 1.84 bits per heavy atom. The van der Waals surface area contributed by atoms with Gasteiger partial charge in [-0.25, -0.2) is 10.4 Å². The zero-order valence-corrected chi connectivity index (χ0v) is 16.6. The first-order chi connectivity index (χ1) is 15.0. The van der Waals surface area contributed by atoms with Crippen molar-refractivity contribution in [1.82, 2.24) is 20.0 Å². The number of aromatic nitrogens is 3. The highest BCUT2D eigenvalue weighted by Crippen LogP contribution is 2.23. The molecular formula is C22H18N6O3. The Hall–Kier alpha value is -4.40. The van der Waals surface area contributed by atoms with Crippen molar-refractivity contribution in [1.29, 1.82) is 0 Å². The van der Waals surface area contributed by atoms with Crippen molar-refractivity contribution in [2.24, 2.45) is 5.10 Å². The molecule has 0 saturated heterocycles. The predicted molar refractivity (Wildman–Crippen MR) is 116 cm³/mol. The topological polar surface area (TPSA) is 115 Å². The second-order valence-electron chi connectivity index (χ2n) is 6.76. The highest BCUT2D eigenvalue weighted by atomic mass is 16.6. The number of hydrogen-bond donors (Lipinski definition) is 1. The molecular weight excluding hydrogens is 396 g/mol. The number of amides is 1. The van der Waals surface area contributed by atoms with Gasteiger partial charge < -0.3 is 4.57 Å². The number of hydrazone groups is 1. The van der Waals surface area contributed by atoms with Gasteiger partial charge in [0.05, 0.1) is 21.7 Å². The number of carbonyl (C=O) groups is 1. The number of para-hydroxylation sites is 2. The molecule has 1 amide bonds. The van der Waals surface area contributed by atoms with Gasteiger partial charge in [0, 0.05) is 18.3 Å². The molecule has 0 aliphatic carbocycles. The van der Waals surface area contributed by atoms with Crippen LogP contribution in [0.25, 0.3) is 22.6 Å². The molecule has 0 aliphatic heterocycles. The molecule has 0 saturated carbocycles. The summed E-state index contributed by atoms with van der Waals surface area (Å²) < 4.78 is 1.80. The van der Waals surface area contributed by atoms with Gasteiger partial charge in [-0.15, -0.1) is 0 Å². The molecule has 0 aliphatic rings. The number of imidazole rings is 1. The lowest BCUT2D eigenvalue weighted by Gasteiger charge is -2.08. The maximum absolute atomic E-state index is 12.6. The van der Waals surface area contributed by atoms with Crippen molar-refractivity contribution < 1.29 is 9.72 Å². The molecule has 4 rings (SSSR count). The zero-order chi connectivity index (χ0) is 21.8. The van der Waals surface area contributed by atoms with E-state index in [4.69, 9.17) is 0 Å². The molecule has 9 nitrogen and oxygen atoms in total. The van der Waals surface area contributed by atoms with Crippen LogP contribution in [0.2, 0.25) is 0 Å². The Kier molecular flexibility index (Phi) is 5.48. The second-order valence-corrected chi connectivity index (χ2v) is 6.76. The normalized spacial score (nSPS) is 11.5. The van der Waals surface area contributed by atoms with Gasteiger partial charge in [-0.3, -0.25) is 19.9 Å². The number of nitro benzene ring substituents is 1. The molecule has 4 aromatic rings. The molecule has 0 bridgehead atoms. The first kappa shape index (κ1) is 19.9. The molecule has 0 atom stereocenters. The molecule has 9 heteroatoms. The quantitative estimate of drug-likeness (QED) is 0.294. The van der Waals surface area contributed by atoms with Crippen LogP contribution in [0.5, 0.6) is 0 Å². The third kappa shape index (κ3) is 4.30. The monoisotopic (exact) mass is 414 g/mol. The number of pyridine rings is 1. The summed E-state index contributed by atoms with van der Waals surface area (Å²) in [6.07, 6.45) is 1.68. The van der Waals surface area contributed by atoms with Gasteiger partial charge in [-0.2, -0.15) is 5.10 Å². The standard InChI is InChI=1S/C22H18N6O3/c1-15(16-9-11-17(12-10-16)28(30)31)25-26-21(29)14-27-20-8-3-2-6-18(20)24-22(27)19-7-4-5-13-23-19/h2-13H,14H2,1H3,(H,26,29)/b25-15-. The van der Waals surface area contributed by atoms with Crippen molar-refractivity contribution in [3.05, 3.63) is 88.6 Å². The lowest BCUT2D eigenvalue weighted by molar-refractivity contribution is -0.384. The molecule has 0 fully saturated rings. The maximum Gasteiger partial charge on any atom is 0.269 e. The average Bonchev–Trinajstić information content (AvgIpc) is 3.16. The van der Waals surface area contributed by atoms with Gasteiger partial charge in [-0.05, 0) is 48.9 Å². The van der Waals surface area contributed by atoms with E-state index in [1.54, 1.807) is 29.8 Å². The lowest BCUT2D eigenvalue weighted by atomic mass is 10.1. The van der Waals surface area contributed by atoms with Gasteiger partial charge in [0.25, 0.3) is 11.6 Å². The van der Waals surface area contributed by atoms with Gasteiger partial charge >= 0.3 is 0 Å². The lowest BCUT2D eigenvalue weighted by Crippen LogP contribution is -2.24. The van der Waals surface area contributed by atoms with Crippen LogP contribution < -0.4 is 5.43 Å². The first-order valence-corrected chi connectivity index (χ1v) is 9.47. The van der Waals surface area contributed by atoms with E-state index in [2.05, 4.69) is 20.5 Å². The fourth-order valence-corrected chi connectivity index (χ4v) is 3.14. The minimum atomic E-state index is -0.466. The van der Waals surface area contributed by atoms with Crippen molar-refractivity contribution in [3.63, 3.8) is 0 Å². The van der Waals surface area contributed by atoms with Crippen molar-refractivity contribution in [2.45, 2.75) is 13.5 Å². The number of benzene rings is 2. The molecule has 0 spiro atoms. The number of nitro groups is 1. The van der Waals surface area contributed by atoms with Crippen molar-refractivity contribution in [3.8, 4) is 11.5 Å². The van der Waals surface area contributed by atoms with Crippen LogP contribution >= 0.6 is 0 Å². The van der Waals surface area contributed by atoms with Crippen LogP contribution in [0.3, 0.4) is 0 Å². The molecule has 2 aromatic carbocycles. The fourth-order valence-electron chi connectivity index (χ4n) is 3.14. The second kappa shape index (κ2) is 8.54. The Bertz CT molecular complexity index is 1280. The Labute approximate surface area is 177 Å². The minimum absolute atomic E-state index is 0.00343. The van der Waals surface area contributed by atoms with E-state index in [0.717, 1.165) is 11.0 Å². The molecule has 2 aromatic heterocycles. The van der Waals surface area contributed by atoms with E-state index in [0.29, 0.717) is 22.8 Å². The summed E-state index contributed by atoms with van der Waals surface area (Å²) in [7, 11) is 0. The van der Waals surface area contributed by atoms with Gasteiger partial charge in [-0.1, -0.05) is 18.2 Å². The molecule has 0 unspecified atom stereocenters. The fraction of sp³-hybridized carbons (Fsp3) is 0.0909. The summed E-state index contributed by atoms with van der Waals surface area (Å²) in [6, 6.07) is 19.0. The van der Waals surface area contributed by atoms with E-state index >= 15 is 0 Å².